The smallest absolute Gasteiger partial charge is 0.123 e. The van der Waals surface area contributed by atoms with E-state index in [1.807, 2.05) is 43.6 Å². The molecule has 3 nitrogen and oxygen atoms in total. The summed E-state index contributed by atoms with van der Waals surface area (Å²) in [5.41, 5.74) is 2.38. The molecule has 0 amide bonds. The number of halogens is 2. The van der Waals surface area contributed by atoms with E-state index in [1.54, 1.807) is 0 Å². The maximum atomic E-state index is 5.62. The molecule has 0 atom stereocenters. The van der Waals surface area contributed by atoms with Crippen LogP contribution in [0.5, 0.6) is 5.75 Å². The highest BCUT2D eigenvalue weighted by molar-refractivity contribution is 9.10. The summed E-state index contributed by atoms with van der Waals surface area (Å²) in [4.78, 5) is 4.01. The van der Waals surface area contributed by atoms with Gasteiger partial charge in [0.1, 0.15) is 5.75 Å². The van der Waals surface area contributed by atoms with Gasteiger partial charge in [-0.3, -0.25) is 4.98 Å². The van der Waals surface area contributed by atoms with Crippen molar-refractivity contribution in [1.82, 2.24) is 10.3 Å². The van der Waals surface area contributed by atoms with Crippen molar-refractivity contribution in [3.63, 3.8) is 0 Å². The molecule has 1 aromatic carbocycles. The lowest BCUT2D eigenvalue weighted by Crippen LogP contribution is -2.13. The van der Waals surface area contributed by atoms with Crippen molar-refractivity contribution in [2.75, 3.05) is 6.61 Å². The first-order valence-electron chi connectivity index (χ1n) is 6.30. The topological polar surface area (TPSA) is 34.1 Å². The fraction of sp³-hybridized carbons (Fsp3) is 0.267. The Morgan fingerprint density at radius 1 is 1.15 bits per heavy atom. The molecule has 2 rings (SSSR count). The monoisotopic (exact) mass is 356 g/mol. The van der Waals surface area contributed by atoms with Gasteiger partial charge in [-0.2, -0.15) is 0 Å². The molecule has 0 radical (unpaired) electrons. The molecular formula is C15H18BrClN2O. The van der Waals surface area contributed by atoms with Crippen LogP contribution in [-0.4, -0.2) is 11.6 Å². The molecule has 1 heterocycles. The molecule has 1 N–H and O–H groups in total. The van der Waals surface area contributed by atoms with E-state index in [-0.39, 0.29) is 12.4 Å². The lowest BCUT2D eigenvalue weighted by molar-refractivity contribution is 0.335. The van der Waals surface area contributed by atoms with E-state index in [4.69, 9.17) is 4.74 Å². The highest BCUT2D eigenvalue weighted by atomic mass is 79.9. The highest BCUT2D eigenvalue weighted by Gasteiger charge is 2.04. The Labute approximate surface area is 134 Å². The molecule has 0 bridgehead atoms. The number of pyridine rings is 1. The Morgan fingerprint density at radius 3 is 2.60 bits per heavy atom. The van der Waals surface area contributed by atoms with E-state index in [1.165, 1.54) is 5.56 Å². The number of ether oxygens (including phenoxy) is 1. The molecule has 1 aromatic heterocycles. The van der Waals surface area contributed by atoms with Crippen LogP contribution in [0.3, 0.4) is 0 Å². The van der Waals surface area contributed by atoms with Crippen LogP contribution < -0.4 is 10.1 Å². The molecule has 108 valence electrons. The molecule has 2 aromatic rings. The second-order valence-corrected chi connectivity index (χ2v) is 5.06. The number of rotatable bonds is 6. The first kappa shape index (κ1) is 17.0. The van der Waals surface area contributed by atoms with Crippen molar-refractivity contribution in [3.8, 4) is 5.75 Å². The fourth-order valence-electron chi connectivity index (χ4n) is 1.82. The molecule has 0 fully saturated rings. The van der Waals surface area contributed by atoms with Gasteiger partial charge in [0.25, 0.3) is 0 Å². The van der Waals surface area contributed by atoms with Crippen LogP contribution in [0.4, 0.5) is 0 Å². The summed E-state index contributed by atoms with van der Waals surface area (Å²) in [5.74, 6) is 0.938. The number of benzene rings is 1. The van der Waals surface area contributed by atoms with E-state index in [9.17, 15) is 0 Å². The third-order valence-corrected chi connectivity index (χ3v) is 3.21. The number of hydrogen-bond acceptors (Lipinski definition) is 3. The van der Waals surface area contributed by atoms with Gasteiger partial charge in [-0.05, 0) is 42.8 Å². The molecule has 20 heavy (non-hydrogen) atoms. The zero-order valence-electron chi connectivity index (χ0n) is 11.3. The fourth-order valence-corrected chi connectivity index (χ4v) is 2.23. The minimum absolute atomic E-state index is 0. The third-order valence-electron chi connectivity index (χ3n) is 2.72. The average Bonchev–Trinajstić information content (AvgIpc) is 2.43. The normalized spacial score (nSPS) is 9.90. The van der Waals surface area contributed by atoms with Crippen molar-refractivity contribution >= 4 is 28.3 Å². The molecule has 0 aliphatic carbocycles. The van der Waals surface area contributed by atoms with Crippen molar-refractivity contribution in [3.05, 3.63) is 58.3 Å². The summed E-state index contributed by atoms with van der Waals surface area (Å²) < 4.78 is 6.69. The van der Waals surface area contributed by atoms with E-state index in [0.717, 1.165) is 28.9 Å². The number of nitrogens with one attached hydrogen (secondary N) is 1. The summed E-state index contributed by atoms with van der Waals surface area (Å²) >= 11 is 3.49. The highest BCUT2D eigenvalue weighted by Crippen LogP contribution is 2.23. The van der Waals surface area contributed by atoms with Gasteiger partial charge in [0.2, 0.25) is 0 Å². The second kappa shape index (κ2) is 8.95. The second-order valence-electron chi connectivity index (χ2n) is 4.14. The van der Waals surface area contributed by atoms with Crippen LogP contribution in [0.2, 0.25) is 0 Å². The predicted octanol–water partition coefficient (Wildman–Crippen LogP) is 3.95. The van der Waals surface area contributed by atoms with Gasteiger partial charge in [0.15, 0.2) is 0 Å². The summed E-state index contributed by atoms with van der Waals surface area (Å²) in [6, 6.07) is 10.1. The maximum absolute atomic E-state index is 5.62. The van der Waals surface area contributed by atoms with Crippen molar-refractivity contribution in [2.45, 2.75) is 20.0 Å². The van der Waals surface area contributed by atoms with Gasteiger partial charge in [0, 0.05) is 35.5 Å². The van der Waals surface area contributed by atoms with E-state index < -0.39 is 0 Å². The number of hydrogen-bond donors (Lipinski definition) is 1. The Kier molecular flexibility index (Phi) is 7.59. The number of nitrogens with zero attached hydrogens (tertiary/aromatic N) is 1. The molecular weight excluding hydrogens is 340 g/mol. The summed E-state index contributed by atoms with van der Waals surface area (Å²) in [5, 5.41) is 3.42. The van der Waals surface area contributed by atoms with Crippen molar-refractivity contribution in [1.29, 1.82) is 0 Å². The molecule has 5 heteroatoms. The quantitative estimate of drug-likeness (QED) is 0.850. The van der Waals surface area contributed by atoms with Gasteiger partial charge in [-0.25, -0.2) is 0 Å². The Bertz CT molecular complexity index is 523. The maximum Gasteiger partial charge on any atom is 0.123 e. The Morgan fingerprint density at radius 2 is 1.90 bits per heavy atom. The minimum Gasteiger partial charge on any atom is -0.494 e. The van der Waals surface area contributed by atoms with Crippen LogP contribution >= 0.6 is 28.3 Å². The van der Waals surface area contributed by atoms with Gasteiger partial charge < -0.3 is 10.1 Å². The van der Waals surface area contributed by atoms with E-state index in [0.29, 0.717) is 6.61 Å². The van der Waals surface area contributed by atoms with Gasteiger partial charge in [-0.15, -0.1) is 12.4 Å². The zero-order valence-corrected chi connectivity index (χ0v) is 13.7. The van der Waals surface area contributed by atoms with Crippen molar-refractivity contribution in [2.24, 2.45) is 0 Å². The van der Waals surface area contributed by atoms with Crippen LogP contribution in [0.25, 0.3) is 0 Å². The standard InChI is InChI=1S/C15H17BrN2O.ClH/c1-2-19-15-4-3-14(16)9-13(15)11-18-10-12-5-7-17-8-6-12;/h3-9,18H,2,10-11H2,1H3;1H. The van der Waals surface area contributed by atoms with Gasteiger partial charge in [-0.1, -0.05) is 15.9 Å². The predicted molar refractivity (Wildman–Crippen MR) is 87.3 cm³/mol. The summed E-state index contributed by atoms with van der Waals surface area (Å²) in [6.07, 6.45) is 3.61. The Balaban J connectivity index is 0.00000200. The molecule has 0 unspecified atom stereocenters. The van der Waals surface area contributed by atoms with E-state index in [2.05, 4.69) is 32.3 Å². The summed E-state index contributed by atoms with van der Waals surface area (Å²) in [7, 11) is 0. The van der Waals surface area contributed by atoms with Crippen LogP contribution in [0.15, 0.2) is 47.2 Å². The Hall–Kier alpha value is -1.10. The SMILES string of the molecule is CCOc1ccc(Br)cc1CNCc1ccncc1.Cl. The molecule has 0 saturated heterocycles. The van der Waals surface area contributed by atoms with E-state index >= 15 is 0 Å². The molecule has 0 saturated carbocycles. The molecule has 0 aliphatic rings. The molecule has 0 spiro atoms. The van der Waals surface area contributed by atoms with Crippen LogP contribution in [-0.2, 0) is 13.1 Å². The van der Waals surface area contributed by atoms with Gasteiger partial charge in [0.05, 0.1) is 6.61 Å². The van der Waals surface area contributed by atoms with Crippen LogP contribution in [0, 0.1) is 0 Å². The van der Waals surface area contributed by atoms with Gasteiger partial charge >= 0.3 is 0 Å². The first-order chi connectivity index (χ1) is 9.29. The first-order valence-corrected chi connectivity index (χ1v) is 7.09. The van der Waals surface area contributed by atoms with Crippen LogP contribution in [0.1, 0.15) is 18.1 Å². The lowest BCUT2D eigenvalue weighted by Gasteiger charge is -2.11. The van der Waals surface area contributed by atoms with Crippen molar-refractivity contribution < 1.29 is 4.74 Å². The average molecular weight is 358 g/mol. The minimum atomic E-state index is 0. The summed E-state index contributed by atoms with van der Waals surface area (Å²) in [6.45, 7) is 4.27. The zero-order chi connectivity index (χ0) is 13.5. The number of aromatic nitrogens is 1. The molecule has 0 aliphatic heterocycles. The largest absolute Gasteiger partial charge is 0.494 e. The lowest BCUT2D eigenvalue weighted by atomic mass is 10.2. The third kappa shape index (κ3) is 5.12.